The number of alkyl halides is 1. The number of hydrogen-bond acceptors (Lipinski definition) is 2. The van der Waals surface area contributed by atoms with Crippen molar-refractivity contribution >= 4 is 21.8 Å². The van der Waals surface area contributed by atoms with E-state index in [4.69, 9.17) is 0 Å². The van der Waals surface area contributed by atoms with E-state index in [0.29, 0.717) is 11.2 Å². The van der Waals surface area contributed by atoms with E-state index in [-0.39, 0.29) is 22.9 Å². The average Bonchev–Trinajstić information content (AvgIpc) is 2.25. The van der Waals surface area contributed by atoms with E-state index in [1.807, 2.05) is 13.8 Å². The summed E-state index contributed by atoms with van der Waals surface area (Å²) in [5.74, 6) is -0.0221. The topological polar surface area (TPSA) is 62.0 Å². The molecule has 0 aliphatic heterocycles. The van der Waals surface area contributed by atoms with Crippen molar-refractivity contribution < 1.29 is 4.79 Å². The van der Waals surface area contributed by atoms with Crippen molar-refractivity contribution in [2.75, 3.05) is 5.33 Å². The molecule has 1 heterocycles. The fraction of sp³-hybridized carbons (Fsp3) is 0.455. The molecule has 1 atom stereocenters. The number of amides is 1. The molecule has 1 amide bonds. The number of carbonyl (C=O) groups is 1. The summed E-state index contributed by atoms with van der Waals surface area (Å²) < 4.78 is 0. The number of rotatable bonds is 4. The number of carbonyl (C=O) groups excluding carboxylic acids is 1. The lowest BCUT2D eigenvalue weighted by molar-refractivity contribution is 0.0930. The monoisotopic (exact) mass is 286 g/mol. The summed E-state index contributed by atoms with van der Waals surface area (Å²) in [5.41, 5.74) is -0.123. The fourth-order valence-electron chi connectivity index (χ4n) is 1.22. The van der Waals surface area contributed by atoms with Gasteiger partial charge in [0.25, 0.3) is 5.91 Å². The molecule has 0 aliphatic rings. The zero-order chi connectivity index (χ0) is 12.1. The summed E-state index contributed by atoms with van der Waals surface area (Å²) in [6.07, 6.45) is 2.92. The molecule has 4 nitrogen and oxygen atoms in total. The predicted molar refractivity (Wildman–Crippen MR) is 66.9 cm³/mol. The first-order valence-electron chi connectivity index (χ1n) is 5.10. The predicted octanol–water partition coefficient (Wildman–Crippen LogP) is 1.52. The van der Waals surface area contributed by atoms with Gasteiger partial charge in [0.05, 0.1) is 0 Å². The van der Waals surface area contributed by atoms with Crippen LogP contribution in [0.1, 0.15) is 24.2 Å². The molecule has 0 spiro atoms. The summed E-state index contributed by atoms with van der Waals surface area (Å²) in [4.78, 5) is 25.9. The summed E-state index contributed by atoms with van der Waals surface area (Å²) >= 11 is 3.34. The van der Waals surface area contributed by atoms with E-state index in [9.17, 15) is 9.59 Å². The second kappa shape index (κ2) is 5.84. The van der Waals surface area contributed by atoms with Gasteiger partial charge in [-0.3, -0.25) is 9.59 Å². The van der Waals surface area contributed by atoms with Gasteiger partial charge < -0.3 is 10.3 Å². The molecule has 0 saturated carbocycles. The maximum absolute atomic E-state index is 11.8. The Bertz CT molecular complexity index is 414. The van der Waals surface area contributed by atoms with E-state index in [1.54, 1.807) is 0 Å². The normalized spacial score (nSPS) is 12.5. The van der Waals surface area contributed by atoms with Gasteiger partial charge in [0, 0.05) is 29.8 Å². The minimum Gasteiger partial charge on any atom is -0.367 e. The van der Waals surface area contributed by atoms with Crippen LogP contribution in [0.25, 0.3) is 0 Å². The van der Waals surface area contributed by atoms with Crippen molar-refractivity contribution in [1.82, 2.24) is 10.3 Å². The minimum absolute atomic E-state index is 0.0205. The van der Waals surface area contributed by atoms with Gasteiger partial charge in [-0.05, 0) is 5.92 Å². The SMILES string of the molecule is CC(C)C(CBr)NC(=O)c1c[nH]ccc1=O. The lowest BCUT2D eigenvalue weighted by Gasteiger charge is -2.19. The van der Waals surface area contributed by atoms with E-state index in [1.165, 1.54) is 18.5 Å². The van der Waals surface area contributed by atoms with E-state index in [0.717, 1.165) is 0 Å². The Balaban J connectivity index is 2.80. The molecule has 0 saturated heterocycles. The molecule has 16 heavy (non-hydrogen) atoms. The van der Waals surface area contributed by atoms with Crippen LogP contribution in [-0.2, 0) is 0 Å². The maximum Gasteiger partial charge on any atom is 0.256 e. The average molecular weight is 287 g/mol. The van der Waals surface area contributed by atoms with Crippen LogP contribution in [0, 0.1) is 5.92 Å². The van der Waals surface area contributed by atoms with E-state index < -0.39 is 0 Å². The van der Waals surface area contributed by atoms with Gasteiger partial charge >= 0.3 is 0 Å². The highest BCUT2D eigenvalue weighted by molar-refractivity contribution is 9.09. The van der Waals surface area contributed by atoms with Gasteiger partial charge in [-0.25, -0.2) is 0 Å². The number of aromatic amines is 1. The molecular weight excluding hydrogens is 272 g/mol. The van der Waals surface area contributed by atoms with Crippen LogP contribution in [-0.4, -0.2) is 22.3 Å². The van der Waals surface area contributed by atoms with Crippen LogP contribution < -0.4 is 10.7 Å². The number of H-pyrrole nitrogens is 1. The molecule has 2 N–H and O–H groups in total. The maximum atomic E-state index is 11.8. The molecule has 0 aromatic carbocycles. The van der Waals surface area contributed by atoms with Crippen molar-refractivity contribution in [2.24, 2.45) is 5.92 Å². The van der Waals surface area contributed by atoms with Gasteiger partial charge in [-0.1, -0.05) is 29.8 Å². The van der Waals surface area contributed by atoms with Gasteiger partial charge in [-0.15, -0.1) is 0 Å². The summed E-state index contributed by atoms with van der Waals surface area (Å²) in [7, 11) is 0. The molecule has 0 aliphatic carbocycles. The van der Waals surface area contributed by atoms with Crippen LogP contribution in [0.5, 0.6) is 0 Å². The number of pyridine rings is 1. The molecule has 0 bridgehead atoms. The Labute approximate surface area is 103 Å². The molecule has 0 radical (unpaired) electrons. The van der Waals surface area contributed by atoms with Crippen LogP contribution >= 0.6 is 15.9 Å². The molecule has 1 rings (SSSR count). The Morgan fingerprint density at radius 3 is 2.75 bits per heavy atom. The Hall–Kier alpha value is -1.10. The minimum atomic E-state index is -0.333. The number of nitrogens with one attached hydrogen (secondary N) is 2. The largest absolute Gasteiger partial charge is 0.367 e. The lowest BCUT2D eigenvalue weighted by atomic mass is 10.1. The highest BCUT2D eigenvalue weighted by atomic mass is 79.9. The quantitative estimate of drug-likeness (QED) is 0.825. The first-order chi connectivity index (χ1) is 7.56. The summed E-state index contributed by atoms with van der Waals surface area (Å²) in [5, 5.41) is 3.49. The van der Waals surface area contributed by atoms with Gasteiger partial charge in [0.1, 0.15) is 5.56 Å². The van der Waals surface area contributed by atoms with Crippen molar-refractivity contribution in [3.05, 3.63) is 34.2 Å². The fourth-order valence-corrected chi connectivity index (χ4v) is 2.13. The molecule has 5 heteroatoms. The Morgan fingerprint density at radius 1 is 1.56 bits per heavy atom. The molecule has 1 aromatic rings. The van der Waals surface area contributed by atoms with Crippen LogP contribution in [0.2, 0.25) is 0 Å². The van der Waals surface area contributed by atoms with Crippen LogP contribution in [0.4, 0.5) is 0 Å². The van der Waals surface area contributed by atoms with Crippen LogP contribution in [0.15, 0.2) is 23.3 Å². The third kappa shape index (κ3) is 3.20. The van der Waals surface area contributed by atoms with Gasteiger partial charge in [0.15, 0.2) is 5.43 Å². The zero-order valence-electron chi connectivity index (χ0n) is 9.29. The van der Waals surface area contributed by atoms with Crippen LogP contribution in [0.3, 0.4) is 0 Å². The van der Waals surface area contributed by atoms with Crippen molar-refractivity contribution in [3.63, 3.8) is 0 Å². The second-order valence-electron chi connectivity index (χ2n) is 3.90. The zero-order valence-corrected chi connectivity index (χ0v) is 10.9. The Kier molecular flexibility index (Phi) is 4.73. The van der Waals surface area contributed by atoms with Gasteiger partial charge in [-0.2, -0.15) is 0 Å². The Morgan fingerprint density at radius 2 is 2.25 bits per heavy atom. The third-order valence-electron chi connectivity index (χ3n) is 2.36. The highest BCUT2D eigenvalue weighted by Crippen LogP contribution is 2.05. The first kappa shape index (κ1) is 13.0. The third-order valence-corrected chi connectivity index (χ3v) is 3.05. The highest BCUT2D eigenvalue weighted by Gasteiger charge is 2.17. The first-order valence-corrected chi connectivity index (χ1v) is 6.22. The molecule has 0 fully saturated rings. The summed E-state index contributed by atoms with van der Waals surface area (Å²) in [6, 6.07) is 1.36. The number of halogens is 1. The smallest absolute Gasteiger partial charge is 0.256 e. The lowest BCUT2D eigenvalue weighted by Crippen LogP contribution is -2.41. The molecule has 88 valence electrons. The summed E-state index contributed by atoms with van der Waals surface area (Å²) in [6.45, 7) is 4.03. The van der Waals surface area contributed by atoms with Gasteiger partial charge in [0.2, 0.25) is 0 Å². The van der Waals surface area contributed by atoms with Crippen molar-refractivity contribution in [2.45, 2.75) is 19.9 Å². The van der Waals surface area contributed by atoms with Crippen molar-refractivity contribution in [3.8, 4) is 0 Å². The number of aromatic nitrogens is 1. The number of hydrogen-bond donors (Lipinski definition) is 2. The van der Waals surface area contributed by atoms with Crippen molar-refractivity contribution in [1.29, 1.82) is 0 Å². The standard InChI is InChI=1S/C11H15BrN2O2/c1-7(2)9(5-12)14-11(16)8-6-13-4-3-10(8)15/h3-4,6-7,9H,5H2,1-2H3,(H,13,15)(H,14,16). The second-order valence-corrected chi connectivity index (χ2v) is 4.55. The van der Waals surface area contributed by atoms with E-state index in [2.05, 4.69) is 26.2 Å². The van der Waals surface area contributed by atoms with E-state index >= 15 is 0 Å². The molecule has 1 aromatic heterocycles. The molecular formula is C11H15BrN2O2. The molecule has 1 unspecified atom stereocenters.